The lowest BCUT2D eigenvalue weighted by Crippen LogP contribution is -2.08. The van der Waals surface area contributed by atoms with Crippen molar-refractivity contribution >= 4 is 23.7 Å². The third kappa shape index (κ3) is 6.16. The first-order chi connectivity index (χ1) is 16.3. The highest BCUT2D eigenvalue weighted by atomic mass is 35.5. The number of hydrogen-bond acceptors (Lipinski definition) is 5. The largest absolute Gasteiger partial charge is 0.496 e. The third-order valence-electron chi connectivity index (χ3n) is 6.33. The third-order valence-corrected chi connectivity index (χ3v) is 7.38. The summed E-state index contributed by atoms with van der Waals surface area (Å²) in [6.07, 6.45) is 3.38. The zero-order valence-corrected chi connectivity index (χ0v) is 22.4. The van der Waals surface area contributed by atoms with Gasteiger partial charge in [0.15, 0.2) is 0 Å². The first-order valence-corrected chi connectivity index (χ1v) is 12.3. The van der Waals surface area contributed by atoms with Crippen LogP contribution in [-0.2, 0) is 0 Å². The van der Waals surface area contributed by atoms with Crippen molar-refractivity contribution in [2.24, 2.45) is 11.7 Å². The highest BCUT2D eigenvalue weighted by molar-refractivity contribution is 7.12. The van der Waals surface area contributed by atoms with Gasteiger partial charge in [0, 0.05) is 22.4 Å². The number of nitrogens with two attached hydrogens (primary N) is 1. The summed E-state index contributed by atoms with van der Waals surface area (Å²) in [5.74, 6) is 8.49. The molecule has 1 aliphatic rings. The van der Waals surface area contributed by atoms with Crippen molar-refractivity contribution in [3.05, 3.63) is 62.7 Å². The van der Waals surface area contributed by atoms with E-state index in [1.807, 2.05) is 38.1 Å². The molecule has 2 aromatic carbocycles. The van der Waals surface area contributed by atoms with Crippen molar-refractivity contribution in [2.75, 3.05) is 14.2 Å². The Morgan fingerprint density at radius 2 is 1.77 bits per heavy atom. The summed E-state index contributed by atoms with van der Waals surface area (Å²) in [6.45, 7) is 5.80. The fourth-order valence-electron chi connectivity index (χ4n) is 4.09. The number of thiazole rings is 1. The van der Waals surface area contributed by atoms with Gasteiger partial charge in [-0.3, -0.25) is 0 Å². The number of halogens is 2. The van der Waals surface area contributed by atoms with E-state index in [1.165, 1.54) is 12.8 Å². The lowest BCUT2D eigenvalue weighted by Gasteiger charge is -2.12. The Hall–Kier alpha value is -2.59. The van der Waals surface area contributed by atoms with E-state index in [0.29, 0.717) is 17.2 Å². The predicted octanol–water partition coefficient (Wildman–Crippen LogP) is 6.90. The zero-order valence-electron chi connectivity index (χ0n) is 20.8. The van der Waals surface area contributed by atoms with E-state index in [2.05, 4.69) is 11.8 Å². The monoisotopic (exact) mass is 514 g/mol. The smallest absolute Gasteiger partial charge is 0.132 e. The number of rotatable bonds is 7. The van der Waals surface area contributed by atoms with Gasteiger partial charge in [0.25, 0.3) is 0 Å². The molecule has 186 valence electrons. The van der Waals surface area contributed by atoms with Crippen LogP contribution in [-0.4, -0.2) is 19.2 Å². The molecular weight excluding hydrogens is 483 g/mol. The van der Waals surface area contributed by atoms with Gasteiger partial charge in [-0.25, -0.2) is 9.37 Å². The van der Waals surface area contributed by atoms with Crippen molar-refractivity contribution in [1.29, 1.82) is 0 Å². The molecule has 2 N–H and O–H groups in total. The van der Waals surface area contributed by atoms with Crippen LogP contribution < -0.4 is 15.2 Å². The minimum atomic E-state index is -0.514. The number of aryl methyl sites for hydroxylation is 3. The van der Waals surface area contributed by atoms with Gasteiger partial charge >= 0.3 is 0 Å². The lowest BCUT2D eigenvalue weighted by atomic mass is 9.93. The Bertz CT molecular complexity index is 1260. The van der Waals surface area contributed by atoms with Crippen LogP contribution in [0.25, 0.3) is 11.3 Å². The maximum absolute atomic E-state index is 14.2. The molecule has 0 bridgehead atoms. The Balaban J connectivity index is 0.00000342. The molecule has 1 unspecified atom stereocenters. The van der Waals surface area contributed by atoms with Crippen LogP contribution in [0.3, 0.4) is 0 Å². The highest BCUT2D eigenvalue weighted by Gasteiger charge is 2.26. The number of nitrogens with zero attached hydrogens (tertiary/aromatic N) is 1. The summed E-state index contributed by atoms with van der Waals surface area (Å²) in [5, 5.41) is 0.760. The molecule has 35 heavy (non-hydrogen) atoms. The average molecular weight is 515 g/mol. The molecule has 0 saturated heterocycles. The molecule has 4 nitrogen and oxygen atoms in total. The second-order valence-corrected chi connectivity index (χ2v) is 10.2. The molecule has 0 radical (unpaired) electrons. The minimum Gasteiger partial charge on any atom is -0.496 e. The summed E-state index contributed by atoms with van der Waals surface area (Å²) in [7, 11) is 3.29. The van der Waals surface area contributed by atoms with Gasteiger partial charge in [-0.05, 0) is 61.9 Å². The molecule has 0 amide bonds. The topological polar surface area (TPSA) is 57.4 Å². The Labute approximate surface area is 217 Å². The molecule has 1 aliphatic carbocycles. The molecular formula is C28H32ClFN2O2S. The summed E-state index contributed by atoms with van der Waals surface area (Å²) >= 11 is 1.55. The van der Waals surface area contributed by atoms with Crippen LogP contribution in [0.15, 0.2) is 30.3 Å². The zero-order chi connectivity index (χ0) is 24.4. The van der Waals surface area contributed by atoms with E-state index in [4.69, 9.17) is 20.2 Å². The van der Waals surface area contributed by atoms with Crippen molar-refractivity contribution in [1.82, 2.24) is 4.98 Å². The van der Waals surface area contributed by atoms with E-state index in [9.17, 15) is 4.39 Å². The van der Waals surface area contributed by atoms with Gasteiger partial charge in [0.05, 0.1) is 19.9 Å². The molecule has 1 aromatic heterocycles. The van der Waals surface area contributed by atoms with Crippen LogP contribution in [0.4, 0.5) is 4.39 Å². The Morgan fingerprint density at radius 3 is 2.40 bits per heavy atom. The molecule has 3 aromatic rings. The number of ether oxygens (including phenoxy) is 2. The van der Waals surface area contributed by atoms with Crippen LogP contribution >= 0.6 is 23.7 Å². The number of benzene rings is 2. The maximum atomic E-state index is 14.2. The molecule has 0 spiro atoms. The molecule has 2 atom stereocenters. The number of aromatic nitrogens is 1. The van der Waals surface area contributed by atoms with E-state index >= 15 is 0 Å². The summed E-state index contributed by atoms with van der Waals surface area (Å²) in [5.41, 5.74) is 10.8. The van der Waals surface area contributed by atoms with Gasteiger partial charge in [0.1, 0.15) is 28.4 Å². The van der Waals surface area contributed by atoms with E-state index in [1.54, 1.807) is 38.5 Å². The normalized spacial score (nSPS) is 14.4. The van der Waals surface area contributed by atoms with Gasteiger partial charge < -0.3 is 15.2 Å². The summed E-state index contributed by atoms with van der Waals surface area (Å²) < 4.78 is 25.2. The highest BCUT2D eigenvalue weighted by Crippen LogP contribution is 2.40. The molecule has 1 fully saturated rings. The van der Waals surface area contributed by atoms with Crippen LogP contribution in [0.2, 0.25) is 0 Å². The van der Waals surface area contributed by atoms with Crippen molar-refractivity contribution < 1.29 is 13.9 Å². The summed E-state index contributed by atoms with van der Waals surface area (Å²) in [4.78, 5) is 5.89. The van der Waals surface area contributed by atoms with Crippen molar-refractivity contribution in [2.45, 2.75) is 52.0 Å². The minimum absolute atomic E-state index is 0. The predicted molar refractivity (Wildman–Crippen MR) is 143 cm³/mol. The lowest BCUT2D eigenvalue weighted by molar-refractivity contribution is 0.393. The molecule has 4 rings (SSSR count). The summed E-state index contributed by atoms with van der Waals surface area (Å²) in [6, 6.07) is 8.82. The van der Waals surface area contributed by atoms with Gasteiger partial charge in [-0.2, -0.15) is 0 Å². The average Bonchev–Trinajstić information content (AvgIpc) is 3.56. The van der Waals surface area contributed by atoms with Crippen LogP contribution in [0.5, 0.6) is 11.5 Å². The second-order valence-electron chi connectivity index (χ2n) is 8.99. The molecule has 1 heterocycles. The SMILES string of the molecule is COc1cc(OC)c(-c2nc(C(N)C#C[C@@H](CC3CC3)c3ccc(C)c(F)c3)sc2C)cc1C.Cl. The van der Waals surface area contributed by atoms with Gasteiger partial charge in [-0.15, -0.1) is 23.7 Å². The van der Waals surface area contributed by atoms with Crippen LogP contribution in [0.1, 0.15) is 57.8 Å². The first kappa shape index (κ1) is 27.0. The quantitative estimate of drug-likeness (QED) is 0.348. The Kier molecular flexibility index (Phi) is 8.82. The van der Waals surface area contributed by atoms with E-state index in [0.717, 1.165) is 44.4 Å². The fourth-order valence-corrected chi connectivity index (χ4v) is 4.98. The number of hydrogen-bond donors (Lipinski definition) is 1. The number of methoxy groups -OCH3 is 2. The standard InChI is InChI=1S/C28H31FN2O2S.ClH/c1-16-6-9-21(14-23(16)29)20(13-19-7-8-19)10-11-24(30)28-31-27(18(3)34-28)22-12-17(2)25(32-4)15-26(22)33-5;/h6,9,12,14-15,19-20,24H,7-8,13,30H2,1-5H3;1H/t20-,24?;/m0./s1. The van der Waals surface area contributed by atoms with Crippen LogP contribution in [0, 0.1) is 44.3 Å². The van der Waals surface area contributed by atoms with Crippen molar-refractivity contribution in [3.8, 4) is 34.6 Å². The molecule has 7 heteroatoms. The molecule has 0 aliphatic heterocycles. The van der Waals surface area contributed by atoms with Gasteiger partial charge in [0.2, 0.25) is 0 Å². The van der Waals surface area contributed by atoms with E-state index in [-0.39, 0.29) is 24.1 Å². The second kappa shape index (κ2) is 11.4. The Morgan fingerprint density at radius 1 is 1.06 bits per heavy atom. The fraction of sp³-hybridized carbons (Fsp3) is 0.393. The van der Waals surface area contributed by atoms with Gasteiger partial charge in [-0.1, -0.05) is 36.8 Å². The maximum Gasteiger partial charge on any atom is 0.132 e. The molecule has 1 saturated carbocycles. The first-order valence-electron chi connectivity index (χ1n) is 11.5. The van der Waals surface area contributed by atoms with Crippen molar-refractivity contribution in [3.63, 3.8) is 0 Å². The van der Waals surface area contributed by atoms with E-state index < -0.39 is 6.04 Å².